The molecule has 4 nitrogen and oxygen atoms in total. The van der Waals surface area contributed by atoms with E-state index in [2.05, 4.69) is 9.97 Å². The number of nitrogens with zero attached hydrogens (tertiary/aromatic N) is 1. The number of hydrogen-bond acceptors (Lipinski definition) is 3. The fourth-order valence-electron chi connectivity index (χ4n) is 0.682. The summed E-state index contributed by atoms with van der Waals surface area (Å²) in [6.07, 6.45) is 3.90. The summed E-state index contributed by atoms with van der Waals surface area (Å²) >= 11 is 0. The van der Waals surface area contributed by atoms with Gasteiger partial charge in [0.25, 0.3) is 0 Å². The zero-order chi connectivity index (χ0) is 8.27. The Hall–Kier alpha value is -1.58. The predicted octanol–water partition coefficient (Wildman–Crippen LogP) is -0.519. The van der Waals surface area contributed by atoms with E-state index in [0.29, 0.717) is 5.69 Å². The van der Waals surface area contributed by atoms with Crippen molar-refractivity contribution in [3.05, 3.63) is 23.8 Å². The van der Waals surface area contributed by atoms with E-state index in [1.165, 1.54) is 6.08 Å². The molecule has 0 aliphatic heterocycles. The predicted molar refractivity (Wildman–Crippen MR) is 37.4 cm³/mol. The Labute approximate surface area is 63.6 Å². The van der Waals surface area contributed by atoms with Gasteiger partial charge in [-0.3, -0.25) is 0 Å². The summed E-state index contributed by atoms with van der Waals surface area (Å²) in [7, 11) is 0. The fraction of sp³-hybridized carbons (Fsp3) is 0.143. The van der Waals surface area contributed by atoms with Gasteiger partial charge in [0.05, 0.1) is 17.9 Å². The largest absolute Gasteiger partial charge is 0.545 e. The van der Waals surface area contributed by atoms with E-state index in [4.69, 9.17) is 0 Å². The van der Waals surface area contributed by atoms with Crippen molar-refractivity contribution in [3.8, 4) is 0 Å². The lowest BCUT2D eigenvalue weighted by Crippen LogP contribution is -2.18. The number of carbonyl (C=O) groups is 1. The van der Waals surface area contributed by atoms with Crippen LogP contribution < -0.4 is 5.11 Å². The molecule has 0 spiro atoms. The Morgan fingerprint density at radius 2 is 2.55 bits per heavy atom. The molecule has 1 aromatic heterocycles. The minimum Gasteiger partial charge on any atom is -0.545 e. The van der Waals surface area contributed by atoms with Crippen LogP contribution in [0.5, 0.6) is 0 Å². The molecule has 1 heterocycles. The summed E-state index contributed by atoms with van der Waals surface area (Å²) in [6.45, 7) is 1.79. The number of imidazole rings is 1. The number of aryl methyl sites for hydroxylation is 1. The zero-order valence-electron chi connectivity index (χ0n) is 6.00. The second kappa shape index (κ2) is 3.01. The van der Waals surface area contributed by atoms with Crippen molar-refractivity contribution < 1.29 is 9.90 Å². The Morgan fingerprint density at radius 3 is 3.00 bits per heavy atom. The second-order valence-corrected chi connectivity index (χ2v) is 2.08. The second-order valence-electron chi connectivity index (χ2n) is 2.08. The molecule has 0 atom stereocenters. The van der Waals surface area contributed by atoms with E-state index in [0.717, 1.165) is 11.9 Å². The van der Waals surface area contributed by atoms with Crippen molar-refractivity contribution in [2.75, 3.05) is 0 Å². The number of carboxylic acids is 1. The topological polar surface area (TPSA) is 68.8 Å². The molecule has 58 valence electrons. The molecule has 0 saturated heterocycles. The third kappa shape index (κ3) is 2.25. The molecular weight excluding hydrogens is 144 g/mol. The first kappa shape index (κ1) is 7.53. The molecule has 11 heavy (non-hydrogen) atoms. The number of hydrogen-bond donors (Lipinski definition) is 1. The Morgan fingerprint density at radius 1 is 1.82 bits per heavy atom. The van der Waals surface area contributed by atoms with Crippen molar-refractivity contribution in [2.24, 2.45) is 0 Å². The van der Waals surface area contributed by atoms with Gasteiger partial charge in [-0.1, -0.05) is 0 Å². The SMILES string of the molecule is Cc1ncc(C=CC(=O)[O-])[nH]1. The van der Waals surface area contributed by atoms with Gasteiger partial charge in [-0.05, 0) is 19.1 Å². The van der Waals surface area contributed by atoms with Gasteiger partial charge in [0.15, 0.2) is 0 Å². The van der Waals surface area contributed by atoms with Gasteiger partial charge in [-0.25, -0.2) is 4.98 Å². The Bertz CT molecular complexity index is 288. The highest BCUT2D eigenvalue weighted by molar-refractivity contribution is 5.83. The average Bonchev–Trinajstić information content (AvgIpc) is 2.31. The van der Waals surface area contributed by atoms with Crippen LogP contribution >= 0.6 is 0 Å². The summed E-state index contributed by atoms with van der Waals surface area (Å²) in [5, 5.41) is 9.95. The molecule has 1 rings (SSSR count). The molecule has 0 bridgehead atoms. The third-order valence-electron chi connectivity index (χ3n) is 1.12. The molecule has 1 N–H and O–H groups in total. The first-order valence-electron chi connectivity index (χ1n) is 3.09. The van der Waals surface area contributed by atoms with E-state index in [-0.39, 0.29) is 0 Å². The first-order chi connectivity index (χ1) is 5.18. The Kier molecular flexibility index (Phi) is 2.06. The van der Waals surface area contributed by atoms with Crippen LogP contribution in [0.3, 0.4) is 0 Å². The van der Waals surface area contributed by atoms with Crippen LogP contribution in [0.15, 0.2) is 12.3 Å². The number of carboxylic acid groups (broad SMARTS) is 1. The molecule has 0 radical (unpaired) electrons. The van der Waals surface area contributed by atoms with Crippen molar-refractivity contribution >= 4 is 12.0 Å². The molecular formula is C7H7N2O2-. The van der Waals surface area contributed by atoms with Crippen LogP contribution in [0.25, 0.3) is 6.08 Å². The smallest absolute Gasteiger partial charge is 0.103 e. The van der Waals surface area contributed by atoms with Crippen LogP contribution in [-0.2, 0) is 4.79 Å². The molecule has 0 aliphatic rings. The van der Waals surface area contributed by atoms with Crippen molar-refractivity contribution in [3.63, 3.8) is 0 Å². The zero-order valence-corrected chi connectivity index (χ0v) is 6.00. The summed E-state index contributed by atoms with van der Waals surface area (Å²) < 4.78 is 0. The molecule has 0 unspecified atom stereocenters. The molecule has 0 aromatic carbocycles. The maximum Gasteiger partial charge on any atom is 0.103 e. The van der Waals surface area contributed by atoms with E-state index in [1.54, 1.807) is 13.1 Å². The normalized spacial score (nSPS) is 10.6. The van der Waals surface area contributed by atoms with Gasteiger partial charge >= 0.3 is 0 Å². The van der Waals surface area contributed by atoms with Gasteiger partial charge in [0, 0.05) is 0 Å². The molecule has 0 aliphatic carbocycles. The highest BCUT2D eigenvalue weighted by atomic mass is 16.4. The lowest BCUT2D eigenvalue weighted by molar-refractivity contribution is -0.297. The van der Waals surface area contributed by atoms with E-state index in [1.807, 2.05) is 0 Å². The van der Waals surface area contributed by atoms with E-state index >= 15 is 0 Å². The summed E-state index contributed by atoms with van der Waals surface area (Å²) in [5.74, 6) is -0.458. The molecule has 1 aromatic rings. The van der Waals surface area contributed by atoms with Gasteiger partial charge in [0.1, 0.15) is 5.82 Å². The van der Waals surface area contributed by atoms with Crippen LogP contribution in [0, 0.1) is 6.92 Å². The van der Waals surface area contributed by atoms with E-state index in [9.17, 15) is 9.90 Å². The van der Waals surface area contributed by atoms with Gasteiger partial charge in [-0.15, -0.1) is 0 Å². The molecule has 0 saturated carbocycles. The maximum absolute atomic E-state index is 9.95. The van der Waals surface area contributed by atoms with E-state index < -0.39 is 5.97 Å². The minimum atomic E-state index is -1.21. The van der Waals surface area contributed by atoms with Gasteiger partial charge in [0.2, 0.25) is 0 Å². The quantitative estimate of drug-likeness (QED) is 0.578. The minimum absolute atomic E-state index is 0.659. The summed E-state index contributed by atoms with van der Waals surface area (Å²) in [4.78, 5) is 16.7. The molecule has 0 amide bonds. The van der Waals surface area contributed by atoms with Crippen molar-refractivity contribution in [2.45, 2.75) is 6.92 Å². The van der Waals surface area contributed by atoms with Gasteiger partial charge < -0.3 is 14.9 Å². The molecule has 4 heteroatoms. The number of rotatable bonds is 2. The lowest BCUT2D eigenvalue weighted by Gasteiger charge is -1.88. The monoisotopic (exact) mass is 151 g/mol. The lowest BCUT2D eigenvalue weighted by atomic mass is 10.4. The number of carbonyl (C=O) groups excluding carboxylic acids is 1. The number of aromatic nitrogens is 2. The van der Waals surface area contributed by atoms with Crippen molar-refractivity contribution in [1.29, 1.82) is 0 Å². The summed E-state index contributed by atoms with van der Waals surface area (Å²) in [6, 6.07) is 0. The third-order valence-corrected chi connectivity index (χ3v) is 1.12. The number of H-pyrrole nitrogens is 1. The summed E-state index contributed by atoms with van der Waals surface area (Å²) in [5.41, 5.74) is 0.659. The highest BCUT2D eigenvalue weighted by Gasteiger charge is 1.88. The van der Waals surface area contributed by atoms with Crippen LogP contribution in [0.4, 0.5) is 0 Å². The van der Waals surface area contributed by atoms with Crippen LogP contribution in [0.2, 0.25) is 0 Å². The Balaban J connectivity index is 2.71. The first-order valence-corrected chi connectivity index (χ1v) is 3.09. The fourth-order valence-corrected chi connectivity index (χ4v) is 0.682. The standard InChI is InChI=1S/C7H8N2O2/c1-5-8-4-6(9-5)2-3-7(10)11/h2-4H,1H3,(H,8,9)(H,10,11)/p-1. The number of nitrogens with one attached hydrogen (secondary N) is 1. The maximum atomic E-state index is 9.95. The van der Waals surface area contributed by atoms with Crippen molar-refractivity contribution in [1.82, 2.24) is 9.97 Å². The number of aromatic amines is 1. The van der Waals surface area contributed by atoms with Crippen LogP contribution in [-0.4, -0.2) is 15.9 Å². The van der Waals surface area contributed by atoms with Crippen LogP contribution in [0.1, 0.15) is 11.5 Å². The van der Waals surface area contributed by atoms with Gasteiger partial charge in [-0.2, -0.15) is 0 Å². The highest BCUT2D eigenvalue weighted by Crippen LogP contribution is 1.96. The number of aliphatic carboxylic acids is 1. The average molecular weight is 151 g/mol. The molecule has 0 fully saturated rings.